The topological polar surface area (TPSA) is 144 Å². The molecule has 2 aromatic rings. The summed E-state index contributed by atoms with van der Waals surface area (Å²) in [6.07, 6.45) is -0.165. The van der Waals surface area contributed by atoms with Crippen LogP contribution >= 0.6 is 22.6 Å². The Labute approximate surface area is 196 Å². The van der Waals surface area contributed by atoms with Crippen LogP contribution in [0.15, 0.2) is 6.33 Å². The van der Waals surface area contributed by atoms with Crippen molar-refractivity contribution in [1.82, 2.24) is 19.5 Å². The molecule has 2 fully saturated rings. The number of carbonyl (C=O) groups is 3. The molecule has 4 atom stereocenters. The van der Waals surface area contributed by atoms with Gasteiger partial charge in [0.05, 0.1) is 6.33 Å². The quantitative estimate of drug-likeness (QED) is 0.227. The van der Waals surface area contributed by atoms with Gasteiger partial charge in [-0.15, -0.1) is 0 Å². The molecule has 0 aromatic carbocycles. The molecule has 0 unspecified atom stereocenters. The number of anilines is 1. The van der Waals surface area contributed by atoms with Gasteiger partial charge < -0.3 is 24.3 Å². The first-order valence-electron chi connectivity index (χ1n) is 10.0. The highest BCUT2D eigenvalue weighted by molar-refractivity contribution is 14.1. The molecular weight excluding hydrogens is 537 g/mol. The van der Waals surface area contributed by atoms with Crippen molar-refractivity contribution in [2.45, 2.75) is 64.2 Å². The van der Waals surface area contributed by atoms with Crippen molar-refractivity contribution in [3.63, 3.8) is 0 Å². The van der Waals surface area contributed by atoms with Crippen LogP contribution in [0.3, 0.4) is 0 Å². The molecule has 4 rings (SSSR count). The van der Waals surface area contributed by atoms with E-state index >= 15 is 0 Å². The molecule has 1 aliphatic carbocycles. The number of nitrogens with zero attached hydrogens (tertiary/aromatic N) is 4. The molecule has 1 saturated heterocycles. The van der Waals surface area contributed by atoms with Crippen molar-refractivity contribution in [1.29, 1.82) is 0 Å². The highest BCUT2D eigenvalue weighted by Gasteiger charge is 2.51. The molecule has 2 aromatic heterocycles. The van der Waals surface area contributed by atoms with Crippen LogP contribution in [0.25, 0.3) is 11.2 Å². The third-order valence-corrected chi connectivity index (χ3v) is 5.41. The number of esters is 3. The summed E-state index contributed by atoms with van der Waals surface area (Å²) in [4.78, 5) is 48.3. The van der Waals surface area contributed by atoms with Crippen LogP contribution in [0.2, 0.25) is 0 Å². The minimum absolute atomic E-state index is 0.185. The first-order valence-corrected chi connectivity index (χ1v) is 11.1. The lowest BCUT2D eigenvalue weighted by Gasteiger charge is -2.23. The number of imidazole rings is 1. The van der Waals surface area contributed by atoms with Crippen LogP contribution in [0.1, 0.15) is 39.8 Å². The van der Waals surface area contributed by atoms with Crippen molar-refractivity contribution in [3.8, 4) is 0 Å². The molecule has 1 N–H and O–H groups in total. The molecular formula is C19H22IN5O7. The first kappa shape index (κ1) is 22.6. The van der Waals surface area contributed by atoms with Gasteiger partial charge in [0.15, 0.2) is 39.2 Å². The van der Waals surface area contributed by atoms with Gasteiger partial charge in [0, 0.05) is 49.4 Å². The second kappa shape index (κ2) is 9.13. The fourth-order valence-corrected chi connectivity index (χ4v) is 3.98. The molecule has 1 aliphatic heterocycles. The fourth-order valence-electron chi connectivity index (χ4n) is 3.51. The predicted octanol–water partition coefficient (Wildman–Crippen LogP) is 1.33. The molecule has 32 heavy (non-hydrogen) atoms. The van der Waals surface area contributed by atoms with Gasteiger partial charge in [0.2, 0.25) is 0 Å². The van der Waals surface area contributed by atoms with Gasteiger partial charge in [-0.25, -0.2) is 15.0 Å². The predicted molar refractivity (Wildman–Crippen MR) is 116 cm³/mol. The Morgan fingerprint density at radius 1 is 1.12 bits per heavy atom. The van der Waals surface area contributed by atoms with E-state index in [2.05, 4.69) is 20.3 Å². The number of fused-ring (bicyclic) bond motifs is 1. The van der Waals surface area contributed by atoms with E-state index in [1.165, 1.54) is 27.1 Å². The van der Waals surface area contributed by atoms with E-state index in [9.17, 15) is 14.4 Å². The van der Waals surface area contributed by atoms with E-state index in [0.717, 1.165) is 12.8 Å². The van der Waals surface area contributed by atoms with Crippen molar-refractivity contribution in [3.05, 3.63) is 10.2 Å². The SMILES string of the molecule is CC(=O)OC[C@@H]1O[C@@H](n2cnc3c(NC4CC4)nc(I)nc32)[C@H](OC(C)=O)[C@@H]1OC(C)=O. The highest BCUT2D eigenvalue weighted by atomic mass is 127. The Morgan fingerprint density at radius 3 is 2.44 bits per heavy atom. The smallest absolute Gasteiger partial charge is 0.303 e. The van der Waals surface area contributed by atoms with Crippen molar-refractivity contribution >= 4 is 57.5 Å². The molecule has 172 valence electrons. The van der Waals surface area contributed by atoms with Gasteiger partial charge >= 0.3 is 17.9 Å². The number of rotatable bonds is 7. The zero-order valence-corrected chi connectivity index (χ0v) is 19.8. The maximum absolute atomic E-state index is 11.9. The third-order valence-electron chi connectivity index (χ3n) is 4.93. The van der Waals surface area contributed by atoms with E-state index in [0.29, 0.717) is 26.9 Å². The molecule has 0 spiro atoms. The summed E-state index contributed by atoms with van der Waals surface area (Å²) in [5.74, 6) is -1.09. The van der Waals surface area contributed by atoms with E-state index in [1.807, 2.05) is 22.6 Å². The molecule has 13 heteroatoms. The first-order chi connectivity index (χ1) is 15.2. The van der Waals surface area contributed by atoms with Gasteiger partial charge in [-0.3, -0.25) is 19.0 Å². The minimum atomic E-state index is -1.01. The van der Waals surface area contributed by atoms with Crippen LogP contribution in [-0.2, 0) is 33.3 Å². The number of hydrogen-bond donors (Lipinski definition) is 1. The summed E-state index contributed by atoms with van der Waals surface area (Å²) >= 11 is 2.01. The van der Waals surface area contributed by atoms with Crippen LogP contribution in [0.4, 0.5) is 5.82 Å². The second-order valence-electron chi connectivity index (χ2n) is 7.60. The summed E-state index contributed by atoms with van der Waals surface area (Å²) in [6, 6.07) is 0.354. The van der Waals surface area contributed by atoms with Crippen LogP contribution in [-0.4, -0.2) is 68.4 Å². The number of ether oxygens (including phenoxy) is 4. The monoisotopic (exact) mass is 559 g/mol. The highest BCUT2D eigenvalue weighted by Crippen LogP contribution is 2.37. The Bertz CT molecular complexity index is 1060. The summed E-state index contributed by atoms with van der Waals surface area (Å²) in [5, 5.41) is 3.34. The number of aromatic nitrogens is 4. The molecule has 0 radical (unpaired) electrons. The van der Waals surface area contributed by atoms with E-state index < -0.39 is 42.4 Å². The lowest BCUT2D eigenvalue weighted by molar-refractivity contribution is -0.166. The average Bonchev–Trinajstić information content (AvgIpc) is 3.32. The zero-order chi connectivity index (χ0) is 23.0. The van der Waals surface area contributed by atoms with Gasteiger partial charge in [-0.05, 0) is 12.8 Å². The number of hydrogen-bond acceptors (Lipinski definition) is 11. The standard InChI is InChI=1S/C19H22IN5O7/c1-8(26)29-6-12-14(30-9(2)27)15(31-10(3)28)18(32-12)25-7-21-13-16(22-11-4-5-11)23-19(20)24-17(13)25/h7,11-12,14-15,18H,4-6H2,1-3H3,(H,22,23,24)/t12-,14+,15+,18+/m0/s1. The van der Waals surface area contributed by atoms with Gasteiger partial charge in [-0.2, -0.15) is 0 Å². The van der Waals surface area contributed by atoms with Gasteiger partial charge in [0.25, 0.3) is 0 Å². The molecule has 2 aliphatic rings. The Hall–Kier alpha value is -2.55. The summed E-state index contributed by atoms with van der Waals surface area (Å²) < 4.78 is 24.1. The van der Waals surface area contributed by atoms with E-state index in [4.69, 9.17) is 18.9 Å². The summed E-state index contributed by atoms with van der Waals surface area (Å²) in [7, 11) is 0. The maximum Gasteiger partial charge on any atom is 0.303 e. The average molecular weight is 559 g/mol. The van der Waals surface area contributed by atoms with Gasteiger partial charge in [-0.1, -0.05) is 0 Å². The molecule has 0 bridgehead atoms. The Balaban J connectivity index is 1.73. The van der Waals surface area contributed by atoms with Crippen molar-refractivity contribution in [2.75, 3.05) is 11.9 Å². The van der Waals surface area contributed by atoms with Crippen LogP contribution < -0.4 is 5.32 Å². The largest absolute Gasteiger partial charge is 0.463 e. The van der Waals surface area contributed by atoms with E-state index in [1.54, 1.807) is 4.57 Å². The number of nitrogens with one attached hydrogen (secondary N) is 1. The normalized spacial score (nSPS) is 24.9. The fraction of sp³-hybridized carbons (Fsp3) is 0.579. The summed E-state index contributed by atoms with van der Waals surface area (Å²) in [5.41, 5.74) is 0.999. The molecule has 1 saturated carbocycles. The molecule has 0 amide bonds. The van der Waals surface area contributed by atoms with Crippen LogP contribution in [0, 0.1) is 3.83 Å². The number of carbonyl (C=O) groups excluding carboxylic acids is 3. The Morgan fingerprint density at radius 2 is 1.81 bits per heavy atom. The van der Waals surface area contributed by atoms with E-state index in [-0.39, 0.29) is 6.61 Å². The molecule has 3 heterocycles. The van der Waals surface area contributed by atoms with Crippen LogP contribution in [0.5, 0.6) is 0 Å². The number of halogens is 1. The lowest BCUT2D eigenvalue weighted by Crippen LogP contribution is -2.40. The second-order valence-corrected chi connectivity index (χ2v) is 8.56. The van der Waals surface area contributed by atoms with Crippen molar-refractivity contribution in [2.24, 2.45) is 0 Å². The zero-order valence-electron chi connectivity index (χ0n) is 17.6. The molecule has 12 nitrogen and oxygen atoms in total. The summed E-state index contributed by atoms with van der Waals surface area (Å²) in [6.45, 7) is 3.55. The Kier molecular flexibility index (Phi) is 6.46. The minimum Gasteiger partial charge on any atom is -0.463 e. The lowest BCUT2D eigenvalue weighted by atomic mass is 10.1. The third kappa shape index (κ3) is 4.92. The maximum atomic E-state index is 11.9. The van der Waals surface area contributed by atoms with Crippen molar-refractivity contribution < 1.29 is 33.3 Å². The van der Waals surface area contributed by atoms with Gasteiger partial charge in [0.1, 0.15) is 12.7 Å².